The SMILES string of the molecule is CCCCC[C@H](O)C=C[C@H]1C(=NOC)C[C@H](O)[C@@H]1CC=CCCCC(=O)O. The maximum atomic E-state index is 10.5. The van der Waals surface area contributed by atoms with Crippen LogP contribution in [-0.2, 0) is 9.63 Å². The van der Waals surface area contributed by atoms with E-state index in [2.05, 4.69) is 12.1 Å². The van der Waals surface area contributed by atoms with Gasteiger partial charge in [0.2, 0.25) is 0 Å². The zero-order chi connectivity index (χ0) is 20.1. The van der Waals surface area contributed by atoms with Gasteiger partial charge in [0.25, 0.3) is 0 Å². The van der Waals surface area contributed by atoms with E-state index in [-0.39, 0.29) is 18.3 Å². The zero-order valence-electron chi connectivity index (χ0n) is 16.6. The highest BCUT2D eigenvalue weighted by Crippen LogP contribution is 2.34. The van der Waals surface area contributed by atoms with Crippen molar-refractivity contribution in [3.05, 3.63) is 24.3 Å². The highest BCUT2D eigenvalue weighted by Gasteiger charge is 2.38. The first kappa shape index (κ1) is 23.4. The van der Waals surface area contributed by atoms with Gasteiger partial charge in [-0.3, -0.25) is 4.79 Å². The Hall–Kier alpha value is -1.66. The second-order valence-electron chi connectivity index (χ2n) is 7.17. The lowest BCUT2D eigenvalue weighted by Crippen LogP contribution is -2.19. The first-order chi connectivity index (χ1) is 13.0. The fourth-order valence-corrected chi connectivity index (χ4v) is 3.45. The molecular weight excluding hydrogens is 346 g/mol. The Bertz CT molecular complexity index is 515. The van der Waals surface area contributed by atoms with Crippen molar-refractivity contribution < 1.29 is 25.0 Å². The fraction of sp³-hybridized carbons (Fsp3) is 0.714. The Morgan fingerprint density at radius 3 is 2.78 bits per heavy atom. The predicted octanol–water partition coefficient (Wildman–Crippen LogP) is 3.68. The number of carbonyl (C=O) groups is 1. The van der Waals surface area contributed by atoms with Gasteiger partial charge in [0, 0.05) is 24.7 Å². The monoisotopic (exact) mass is 381 g/mol. The molecule has 0 aromatic rings. The van der Waals surface area contributed by atoms with Gasteiger partial charge in [-0.1, -0.05) is 55.6 Å². The first-order valence-corrected chi connectivity index (χ1v) is 10.0. The summed E-state index contributed by atoms with van der Waals surface area (Å²) in [6.07, 6.45) is 13.4. The van der Waals surface area contributed by atoms with Crippen LogP contribution in [0.5, 0.6) is 0 Å². The molecule has 0 aliphatic heterocycles. The summed E-state index contributed by atoms with van der Waals surface area (Å²) in [5, 5.41) is 33.3. The average molecular weight is 382 g/mol. The van der Waals surface area contributed by atoms with Gasteiger partial charge in [-0.25, -0.2) is 0 Å². The lowest BCUT2D eigenvalue weighted by atomic mass is 9.89. The van der Waals surface area contributed by atoms with Crippen LogP contribution in [0.4, 0.5) is 0 Å². The van der Waals surface area contributed by atoms with Gasteiger partial charge >= 0.3 is 5.97 Å². The lowest BCUT2D eigenvalue weighted by molar-refractivity contribution is -0.137. The van der Waals surface area contributed by atoms with Crippen molar-refractivity contribution in [3.8, 4) is 0 Å². The van der Waals surface area contributed by atoms with Crippen LogP contribution in [0.3, 0.4) is 0 Å². The number of aliphatic carboxylic acids is 1. The van der Waals surface area contributed by atoms with E-state index in [9.17, 15) is 15.0 Å². The maximum Gasteiger partial charge on any atom is 0.303 e. The predicted molar refractivity (Wildman–Crippen MR) is 107 cm³/mol. The largest absolute Gasteiger partial charge is 0.481 e. The Kier molecular flexibility index (Phi) is 11.7. The number of hydrogen-bond acceptors (Lipinski definition) is 5. The van der Waals surface area contributed by atoms with Gasteiger partial charge in [-0.05, 0) is 25.7 Å². The van der Waals surface area contributed by atoms with Crippen molar-refractivity contribution in [2.75, 3.05) is 7.11 Å². The van der Waals surface area contributed by atoms with E-state index in [0.29, 0.717) is 25.7 Å². The molecule has 6 heteroatoms. The molecule has 27 heavy (non-hydrogen) atoms. The molecule has 0 aromatic carbocycles. The minimum absolute atomic E-state index is 0.0197. The third-order valence-corrected chi connectivity index (χ3v) is 4.95. The summed E-state index contributed by atoms with van der Waals surface area (Å²) in [5.74, 6) is -0.865. The van der Waals surface area contributed by atoms with Crippen LogP contribution in [0.25, 0.3) is 0 Å². The topological polar surface area (TPSA) is 99.4 Å². The second-order valence-corrected chi connectivity index (χ2v) is 7.17. The van der Waals surface area contributed by atoms with Crippen LogP contribution in [-0.4, -0.2) is 46.3 Å². The smallest absolute Gasteiger partial charge is 0.303 e. The van der Waals surface area contributed by atoms with E-state index in [1.165, 1.54) is 7.11 Å². The van der Waals surface area contributed by atoms with Crippen LogP contribution in [0.1, 0.15) is 64.7 Å². The summed E-state index contributed by atoms with van der Waals surface area (Å²) >= 11 is 0. The van der Waals surface area contributed by atoms with Crippen LogP contribution < -0.4 is 0 Å². The molecule has 1 aliphatic carbocycles. The fourth-order valence-electron chi connectivity index (χ4n) is 3.45. The number of oxime groups is 1. The van der Waals surface area contributed by atoms with Gasteiger partial charge in [-0.15, -0.1) is 0 Å². The van der Waals surface area contributed by atoms with Crippen LogP contribution in [0, 0.1) is 11.8 Å². The van der Waals surface area contributed by atoms with Gasteiger partial charge < -0.3 is 20.2 Å². The summed E-state index contributed by atoms with van der Waals surface area (Å²) in [5.41, 5.74) is 0.797. The molecule has 0 radical (unpaired) electrons. The van der Waals surface area contributed by atoms with E-state index in [4.69, 9.17) is 9.94 Å². The van der Waals surface area contributed by atoms with E-state index in [1.807, 2.05) is 24.3 Å². The summed E-state index contributed by atoms with van der Waals surface area (Å²) < 4.78 is 0. The van der Waals surface area contributed by atoms with E-state index in [0.717, 1.165) is 31.4 Å². The molecule has 1 fully saturated rings. The normalized spacial score (nSPS) is 25.6. The molecule has 154 valence electrons. The molecule has 0 unspecified atom stereocenters. The number of hydrogen-bond donors (Lipinski definition) is 3. The van der Waals surface area contributed by atoms with Crippen molar-refractivity contribution in [1.29, 1.82) is 0 Å². The molecule has 0 heterocycles. The van der Waals surface area contributed by atoms with E-state index < -0.39 is 18.2 Å². The second kappa shape index (κ2) is 13.5. The average Bonchev–Trinajstić information content (AvgIpc) is 2.91. The molecule has 0 spiro atoms. The number of carboxylic acids is 1. The molecule has 0 amide bonds. The van der Waals surface area contributed by atoms with Gasteiger partial charge in [0.1, 0.15) is 7.11 Å². The molecule has 1 saturated carbocycles. The minimum Gasteiger partial charge on any atom is -0.481 e. The molecule has 1 rings (SSSR count). The molecule has 6 nitrogen and oxygen atoms in total. The molecular formula is C21H35NO5. The van der Waals surface area contributed by atoms with Crippen LogP contribution in [0.15, 0.2) is 29.5 Å². The molecule has 0 aromatic heterocycles. The number of carboxylic acid groups (broad SMARTS) is 1. The van der Waals surface area contributed by atoms with Gasteiger partial charge in [-0.2, -0.15) is 0 Å². The lowest BCUT2D eigenvalue weighted by Gasteiger charge is -2.18. The van der Waals surface area contributed by atoms with Crippen LogP contribution in [0.2, 0.25) is 0 Å². The third-order valence-electron chi connectivity index (χ3n) is 4.95. The summed E-state index contributed by atoms with van der Waals surface area (Å²) in [6.45, 7) is 2.13. The van der Waals surface area contributed by atoms with Crippen LogP contribution >= 0.6 is 0 Å². The number of rotatable bonds is 13. The highest BCUT2D eigenvalue weighted by molar-refractivity contribution is 5.90. The first-order valence-electron chi connectivity index (χ1n) is 10.0. The number of nitrogens with zero attached hydrogens (tertiary/aromatic N) is 1. The number of aliphatic hydroxyl groups is 2. The molecule has 1 aliphatic rings. The molecule has 0 saturated heterocycles. The Labute approximate surface area is 162 Å². The Balaban J connectivity index is 2.65. The molecule has 4 atom stereocenters. The van der Waals surface area contributed by atoms with Crippen molar-refractivity contribution in [1.82, 2.24) is 0 Å². The highest BCUT2D eigenvalue weighted by atomic mass is 16.6. The third kappa shape index (κ3) is 9.20. The van der Waals surface area contributed by atoms with E-state index >= 15 is 0 Å². The number of aliphatic hydroxyl groups excluding tert-OH is 2. The Morgan fingerprint density at radius 2 is 2.11 bits per heavy atom. The minimum atomic E-state index is -0.780. The summed E-state index contributed by atoms with van der Waals surface area (Å²) in [7, 11) is 1.50. The Morgan fingerprint density at radius 1 is 1.33 bits per heavy atom. The zero-order valence-corrected chi connectivity index (χ0v) is 16.6. The van der Waals surface area contributed by atoms with Crippen molar-refractivity contribution in [2.24, 2.45) is 17.0 Å². The standard InChI is InChI=1S/C21H35NO5/c1-3-4-7-10-16(23)13-14-17-18(20(24)15-19(17)22-27-2)11-8-5-6-9-12-21(25)26/h5,8,13-14,16-18,20,23-24H,3-4,6-7,9-12,15H2,1-2H3,(H,25,26)/t16-,17+,18+,20-/m0/s1. The quantitative estimate of drug-likeness (QED) is 0.257. The van der Waals surface area contributed by atoms with Crippen molar-refractivity contribution in [2.45, 2.75) is 76.9 Å². The number of unbranched alkanes of at least 4 members (excludes halogenated alkanes) is 3. The summed E-state index contributed by atoms with van der Waals surface area (Å²) in [6, 6.07) is 0. The molecule has 3 N–H and O–H groups in total. The van der Waals surface area contributed by atoms with Gasteiger partial charge in [0.05, 0.1) is 17.9 Å². The van der Waals surface area contributed by atoms with Gasteiger partial charge in [0.15, 0.2) is 0 Å². The van der Waals surface area contributed by atoms with Crippen molar-refractivity contribution in [3.63, 3.8) is 0 Å². The molecule has 0 bridgehead atoms. The van der Waals surface area contributed by atoms with E-state index in [1.54, 1.807) is 0 Å². The van der Waals surface area contributed by atoms with Crippen molar-refractivity contribution >= 4 is 11.7 Å². The maximum absolute atomic E-state index is 10.5. The summed E-state index contributed by atoms with van der Waals surface area (Å²) in [4.78, 5) is 15.5. The number of allylic oxidation sites excluding steroid dienone is 3.